The zero-order valence-corrected chi connectivity index (χ0v) is 19.4. The van der Waals surface area contributed by atoms with Gasteiger partial charge in [0.1, 0.15) is 0 Å². The minimum absolute atomic E-state index is 0.133. The van der Waals surface area contributed by atoms with Crippen molar-refractivity contribution in [2.75, 3.05) is 37.0 Å². The molecule has 0 bridgehead atoms. The van der Waals surface area contributed by atoms with Crippen LogP contribution in [0.1, 0.15) is 45.0 Å². The quantitative estimate of drug-likeness (QED) is 0.549. The Morgan fingerprint density at radius 1 is 1.28 bits per heavy atom. The lowest BCUT2D eigenvalue weighted by molar-refractivity contribution is -0.116. The maximum absolute atomic E-state index is 13.0. The van der Waals surface area contributed by atoms with Gasteiger partial charge in [0.2, 0.25) is 5.91 Å². The minimum atomic E-state index is 0.133. The highest BCUT2D eigenvalue weighted by Gasteiger charge is 2.25. The zero-order chi connectivity index (χ0) is 20.8. The van der Waals surface area contributed by atoms with Gasteiger partial charge >= 0.3 is 0 Å². The second kappa shape index (κ2) is 10.5. The van der Waals surface area contributed by atoms with Crippen LogP contribution in [-0.2, 0) is 11.3 Å². The summed E-state index contributed by atoms with van der Waals surface area (Å²) in [5, 5.41) is 9.82. The number of fused-ring (bicyclic) bond motifs is 1. The Hall–Kier alpha value is -1.51. The van der Waals surface area contributed by atoms with E-state index in [1.54, 1.807) is 0 Å². The van der Waals surface area contributed by atoms with Crippen LogP contribution in [0.15, 0.2) is 34.3 Å². The second-order valence-electron chi connectivity index (χ2n) is 7.38. The number of carbonyl (C=O) groups is 1. The van der Waals surface area contributed by atoms with Crippen molar-refractivity contribution < 1.29 is 4.79 Å². The van der Waals surface area contributed by atoms with Crippen molar-refractivity contribution in [2.45, 2.75) is 55.7 Å². The van der Waals surface area contributed by atoms with E-state index >= 15 is 0 Å². The van der Waals surface area contributed by atoms with Crippen LogP contribution in [0.3, 0.4) is 0 Å². The molecule has 0 N–H and O–H groups in total. The molecule has 0 radical (unpaired) electrons. The van der Waals surface area contributed by atoms with E-state index in [0.29, 0.717) is 5.75 Å². The molecule has 158 valence electrons. The molecule has 3 rings (SSSR count). The highest BCUT2D eigenvalue weighted by Crippen LogP contribution is 2.35. The highest BCUT2D eigenvalue weighted by atomic mass is 32.2. The predicted octanol–water partition coefficient (Wildman–Crippen LogP) is 4.32. The summed E-state index contributed by atoms with van der Waals surface area (Å²) in [7, 11) is 4.16. The first kappa shape index (κ1) is 22.2. The number of benzene rings is 1. The Kier molecular flexibility index (Phi) is 8.03. The van der Waals surface area contributed by atoms with Gasteiger partial charge in [0.25, 0.3) is 0 Å². The normalized spacial score (nSPS) is 14.9. The number of rotatable bonds is 9. The van der Waals surface area contributed by atoms with Crippen LogP contribution in [0.25, 0.3) is 0 Å². The number of anilines is 1. The molecule has 1 aliphatic heterocycles. The summed E-state index contributed by atoms with van der Waals surface area (Å²) >= 11 is 3.32. The Bertz CT molecular complexity index is 823. The molecule has 29 heavy (non-hydrogen) atoms. The number of para-hydroxylation sites is 1. The van der Waals surface area contributed by atoms with Crippen molar-refractivity contribution in [3.05, 3.63) is 30.1 Å². The summed E-state index contributed by atoms with van der Waals surface area (Å²) in [6.07, 6.45) is 3.16. The third-order valence-electron chi connectivity index (χ3n) is 5.14. The van der Waals surface area contributed by atoms with Gasteiger partial charge in [-0.15, -0.1) is 22.0 Å². The zero-order valence-electron chi connectivity index (χ0n) is 17.8. The molecular weight excluding hydrogens is 402 g/mol. The summed E-state index contributed by atoms with van der Waals surface area (Å²) < 4.78 is 2.22. The number of hydrogen-bond acceptors (Lipinski definition) is 6. The maximum atomic E-state index is 13.0. The van der Waals surface area contributed by atoms with Gasteiger partial charge in [-0.3, -0.25) is 9.69 Å². The van der Waals surface area contributed by atoms with E-state index in [-0.39, 0.29) is 11.9 Å². The van der Waals surface area contributed by atoms with Crippen LogP contribution in [-0.4, -0.2) is 57.7 Å². The number of carbonyl (C=O) groups excluding carboxylic acids is 1. The average molecular weight is 434 g/mol. The van der Waals surface area contributed by atoms with Crippen molar-refractivity contribution in [1.82, 2.24) is 19.7 Å². The monoisotopic (exact) mass is 433 g/mol. The van der Waals surface area contributed by atoms with E-state index in [0.717, 1.165) is 54.8 Å². The lowest BCUT2D eigenvalue weighted by Gasteiger charge is -2.28. The van der Waals surface area contributed by atoms with Gasteiger partial charge in [-0.25, -0.2) is 0 Å². The third-order valence-corrected chi connectivity index (χ3v) is 7.14. The number of aromatic nitrogens is 3. The van der Waals surface area contributed by atoms with Crippen LogP contribution in [0.4, 0.5) is 5.69 Å². The van der Waals surface area contributed by atoms with Crippen molar-refractivity contribution >= 4 is 35.1 Å². The largest absolute Gasteiger partial charge is 0.310 e. The number of amides is 1. The summed E-state index contributed by atoms with van der Waals surface area (Å²) in [4.78, 5) is 18.3. The van der Waals surface area contributed by atoms with Crippen LogP contribution < -0.4 is 4.90 Å². The lowest BCUT2D eigenvalue weighted by atomic mass is 10.2. The minimum Gasteiger partial charge on any atom is -0.310 e. The summed E-state index contributed by atoms with van der Waals surface area (Å²) in [6, 6.07) is 8.38. The van der Waals surface area contributed by atoms with E-state index in [2.05, 4.69) is 53.7 Å². The fourth-order valence-corrected chi connectivity index (χ4v) is 5.43. The van der Waals surface area contributed by atoms with E-state index in [1.807, 2.05) is 34.9 Å². The Balaban J connectivity index is 1.75. The molecule has 0 spiro atoms. The van der Waals surface area contributed by atoms with Crippen molar-refractivity contribution in [2.24, 2.45) is 0 Å². The average Bonchev–Trinajstić information content (AvgIpc) is 3.12. The molecule has 0 aliphatic carbocycles. The Labute approximate surface area is 182 Å². The first-order chi connectivity index (χ1) is 14.1. The number of thioether (sulfide) groups is 2. The van der Waals surface area contributed by atoms with Gasteiger partial charge in [0, 0.05) is 23.7 Å². The molecule has 1 aromatic carbocycles. The standard InChI is InChI=1S/C21H31N5OS2/c1-5-7-12-26-20(16(6-2)24(3)4)22-23-21(26)29-15-19(27)25-13-14-28-18-11-9-8-10-17(18)25/h8-11,16H,5-7,12-15H2,1-4H3. The lowest BCUT2D eigenvalue weighted by Crippen LogP contribution is -2.36. The molecular formula is C21H31N5OS2. The number of unbranched alkanes of at least 4 members (excludes halogenated alkanes) is 1. The summed E-state index contributed by atoms with van der Waals surface area (Å²) in [5.74, 6) is 2.45. The number of nitrogens with zero attached hydrogens (tertiary/aromatic N) is 5. The van der Waals surface area contributed by atoms with Crippen LogP contribution >= 0.6 is 23.5 Å². The molecule has 2 heterocycles. The van der Waals surface area contributed by atoms with Crippen molar-refractivity contribution in [1.29, 1.82) is 0 Å². The van der Waals surface area contributed by atoms with Crippen LogP contribution in [0.5, 0.6) is 0 Å². The molecule has 0 fully saturated rings. The molecule has 6 nitrogen and oxygen atoms in total. The fourth-order valence-electron chi connectivity index (χ4n) is 3.59. The predicted molar refractivity (Wildman–Crippen MR) is 122 cm³/mol. The molecule has 1 amide bonds. The van der Waals surface area contributed by atoms with E-state index in [1.165, 1.54) is 16.7 Å². The fraction of sp³-hybridized carbons (Fsp3) is 0.571. The maximum Gasteiger partial charge on any atom is 0.237 e. The van der Waals surface area contributed by atoms with Gasteiger partial charge in [0.05, 0.1) is 17.5 Å². The Morgan fingerprint density at radius 2 is 2.07 bits per heavy atom. The van der Waals surface area contributed by atoms with Gasteiger partial charge in [0.15, 0.2) is 11.0 Å². The molecule has 0 saturated heterocycles. The van der Waals surface area contributed by atoms with Crippen molar-refractivity contribution in [3.63, 3.8) is 0 Å². The SMILES string of the molecule is CCCCn1c(SCC(=O)N2CCSc3ccccc32)nnc1C(CC)N(C)C. The van der Waals surface area contributed by atoms with Gasteiger partial charge in [-0.1, -0.05) is 44.2 Å². The first-order valence-electron chi connectivity index (χ1n) is 10.3. The first-order valence-corrected chi connectivity index (χ1v) is 12.3. The Morgan fingerprint density at radius 3 is 2.79 bits per heavy atom. The molecule has 1 unspecified atom stereocenters. The summed E-state index contributed by atoms with van der Waals surface area (Å²) in [5.41, 5.74) is 1.03. The third kappa shape index (κ3) is 5.16. The number of hydrogen-bond donors (Lipinski definition) is 0. The molecule has 2 aromatic rings. The second-order valence-corrected chi connectivity index (χ2v) is 9.46. The smallest absolute Gasteiger partial charge is 0.237 e. The molecule has 0 saturated carbocycles. The van der Waals surface area contributed by atoms with Gasteiger partial charge < -0.3 is 9.47 Å². The molecule has 1 atom stereocenters. The van der Waals surface area contributed by atoms with Gasteiger partial charge in [-0.05, 0) is 39.1 Å². The van der Waals surface area contributed by atoms with E-state index < -0.39 is 0 Å². The topological polar surface area (TPSA) is 54.3 Å². The molecule has 1 aromatic heterocycles. The van der Waals surface area contributed by atoms with Crippen LogP contribution in [0, 0.1) is 0 Å². The van der Waals surface area contributed by atoms with Gasteiger partial charge in [-0.2, -0.15) is 0 Å². The van der Waals surface area contributed by atoms with E-state index in [4.69, 9.17) is 0 Å². The van der Waals surface area contributed by atoms with E-state index in [9.17, 15) is 4.79 Å². The molecule has 8 heteroatoms. The molecule has 1 aliphatic rings. The van der Waals surface area contributed by atoms with Crippen LogP contribution in [0.2, 0.25) is 0 Å². The highest BCUT2D eigenvalue weighted by molar-refractivity contribution is 8.00. The van der Waals surface area contributed by atoms with Crippen molar-refractivity contribution in [3.8, 4) is 0 Å². The summed E-state index contributed by atoms with van der Waals surface area (Å²) in [6.45, 7) is 6.01.